The lowest BCUT2D eigenvalue weighted by molar-refractivity contribution is -0.152. The van der Waals surface area contributed by atoms with Crippen LogP contribution < -0.4 is 0 Å². The van der Waals surface area contributed by atoms with Gasteiger partial charge in [0.15, 0.2) is 0 Å². The Balaban J connectivity index is 2.45. The quantitative estimate of drug-likeness (QED) is 0.640. The van der Waals surface area contributed by atoms with Crippen LogP contribution in [0.3, 0.4) is 0 Å². The van der Waals surface area contributed by atoms with E-state index in [9.17, 15) is 13.2 Å². The van der Waals surface area contributed by atoms with Crippen molar-refractivity contribution in [2.24, 2.45) is 0 Å². The van der Waals surface area contributed by atoms with Gasteiger partial charge in [0.2, 0.25) is 0 Å². The zero-order chi connectivity index (χ0) is 9.90. The molecular weight excluding hydrogens is 203 g/mol. The molecule has 0 amide bonds. The van der Waals surface area contributed by atoms with Gasteiger partial charge in [-0.05, 0) is 19.4 Å². The Kier molecular flexibility index (Phi) is 3.86. The first-order valence-electron chi connectivity index (χ1n) is 4.39. The zero-order valence-electron chi connectivity index (χ0n) is 7.28. The molecule has 1 unspecified atom stereocenters. The Morgan fingerprint density at radius 1 is 1.31 bits per heavy atom. The van der Waals surface area contributed by atoms with E-state index >= 15 is 0 Å². The molecule has 0 aliphatic carbocycles. The van der Waals surface area contributed by atoms with Gasteiger partial charge < -0.3 is 0 Å². The maximum atomic E-state index is 12.1. The Morgan fingerprint density at radius 3 is 2.54 bits per heavy atom. The van der Waals surface area contributed by atoms with Crippen molar-refractivity contribution < 1.29 is 13.2 Å². The van der Waals surface area contributed by atoms with Gasteiger partial charge in [-0.1, -0.05) is 6.42 Å². The van der Waals surface area contributed by atoms with Gasteiger partial charge >= 0.3 is 6.18 Å². The molecule has 0 aromatic carbocycles. The molecule has 5 heteroatoms. The highest BCUT2D eigenvalue weighted by molar-refractivity contribution is 6.18. The number of piperidine rings is 1. The average Bonchev–Trinajstić information content (AvgIpc) is 2.02. The fraction of sp³-hybridized carbons (Fsp3) is 1.00. The van der Waals surface area contributed by atoms with Crippen molar-refractivity contribution >= 4 is 11.6 Å². The molecule has 1 heterocycles. The summed E-state index contributed by atoms with van der Waals surface area (Å²) in [5.41, 5.74) is 0. The predicted octanol–water partition coefficient (Wildman–Crippen LogP) is 2.64. The number of likely N-dealkylation sites (tertiary alicyclic amines) is 1. The van der Waals surface area contributed by atoms with E-state index < -0.39 is 12.7 Å². The van der Waals surface area contributed by atoms with Gasteiger partial charge in [-0.3, -0.25) is 4.90 Å². The number of nitrogens with zero attached hydrogens (tertiary/aromatic N) is 1. The summed E-state index contributed by atoms with van der Waals surface area (Å²) >= 11 is 5.59. The Hall–Kier alpha value is 0.0400. The summed E-state index contributed by atoms with van der Waals surface area (Å²) in [6.45, 7) is -0.290. The highest BCUT2D eigenvalue weighted by Gasteiger charge is 2.34. The van der Waals surface area contributed by atoms with Gasteiger partial charge in [0.05, 0.1) is 6.54 Å². The summed E-state index contributed by atoms with van der Waals surface area (Å²) in [7, 11) is 0. The van der Waals surface area contributed by atoms with E-state index in [1.165, 1.54) is 4.90 Å². The fourth-order valence-corrected chi connectivity index (χ4v) is 2.02. The van der Waals surface area contributed by atoms with Crippen molar-refractivity contribution in [3.05, 3.63) is 0 Å². The smallest absolute Gasteiger partial charge is 0.291 e. The molecule has 13 heavy (non-hydrogen) atoms. The molecule has 1 nitrogen and oxygen atoms in total. The summed E-state index contributed by atoms with van der Waals surface area (Å²) in [6, 6.07) is -0.0861. The number of hydrogen-bond donors (Lipinski definition) is 0. The van der Waals surface area contributed by atoms with Crippen LogP contribution in [0.2, 0.25) is 0 Å². The van der Waals surface area contributed by atoms with Crippen molar-refractivity contribution in [2.45, 2.75) is 31.5 Å². The SMILES string of the molecule is FC(F)(F)CN1CCCCC1CCl. The van der Waals surface area contributed by atoms with E-state index in [1.54, 1.807) is 0 Å². The number of halogens is 4. The maximum absolute atomic E-state index is 12.1. The Morgan fingerprint density at radius 2 is 2.00 bits per heavy atom. The van der Waals surface area contributed by atoms with Crippen molar-refractivity contribution in [3.8, 4) is 0 Å². The average molecular weight is 216 g/mol. The largest absolute Gasteiger partial charge is 0.401 e. The zero-order valence-corrected chi connectivity index (χ0v) is 8.03. The lowest BCUT2D eigenvalue weighted by atomic mass is 10.0. The fourth-order valence-electron chi connectivity index (χ4n) is 1.67. The summed E-state index contributed by atoms with van der Waals surface area (Å²) in [4.78, 5) is 1.44. The van der Waals surface area contributed by atoms with E-state index in [-0.39, 0.29) is 6.04 Å². The number of alkyl halides is 4. The lowest BCUT2D eigenvalue weighted by Gasteiger charge is -2.34. The minimum atomic E-state index is -4.10. The van der Waals surface area contributed by atoms with E-state index in [0.717, 1.165) is 19.3 Å². The molecule has 1 fully saturated rings. The topological polar surface area (TPSA) is 3.24 Å². The van der Waals surface area contributed by atoms with Gasteiger partial charge in [0.1, 0.15) is 0 Å². The molecule has 1 saturated heterocycles. The van der Waals surface area contributed by atoms with Crippen LogP contribution in [0.15, 0.2) is 0 Å². The van der Waals surface area contributed by atoms with Crippen LogP contribution in [-0.2, 0) is 0 Å². The summed E-state index contributed by atoms with van der Waals surface area (Å²) in [5.74, 6) is 0.302. The van der Waals surface area contributed by atoms with Crippen molar-refractivity contribution in [1.82, 2.24) is 4.90 Å². The standard InChI is InChI=1S/C8H13ClF3N/c9-5-7-3-1-2-4-13(7)6-8(10,11)12/h7H,1-6H2. The van der Waals surface area contributed by atoms with Crippen LogP contribution in [-0.4, -0.2) is 36.1 Å². The summed E-state index contributed by atoms with van der Waals surface area (Å²) < 4.78 is 36.2. The monoisotopic (exact) mass is 215 g/mol. The molecule has 1 atom stereocenters. The van der Waals surface area contributed by atoms with Gasteiger partial charge in [-0.15, -0.1) is 11.6 Å². The molecule has 0 spiro atoms. The molecule has 0 radical (unpaired) electrons. The van der Waals surface area contributed by atoms with Crippen molar-refractivity contribution in [3.63, 3.8) is 0 Å². The molecule has 0 bridgehead atoms. The second kappa shape index (κ2) is 4.51. The molecule has 78 valence electrons. The summed E-state index contributed by atoms with van der Waals surface area (Å²) in [5, 5.41) is 0. The lowest BCUT2D eigenvalue weighted by Crippen LogP contribution is -2.45. The van der Waals surface area contributed by atoms with E-state index in [1.807, 2.05) is 0 Å². The molecule has 0 saturated carbocycles. The third-order valence-electron chi connectivity index (χ3n) is 2.31. The summed E-state index contributed by atoms with van der Waals surface area (Å²) in [6.07, 6.45) is -1.46. The minimum absolute atomic E-state index is 0.0861. The molecule has 0 N–H and O–H groups in total. The normalized spacial score (nSPS) is 26.3. The van der Waals surface area contributed by atoms with Crippen LogP contribution in [0.1, 0.15) is 19.3 Å². The highest BCUT2D eigenvalue weighted by atomic mass is 35.5. The predicted molar refractivity (Wildman–Crippen MR) is 46.0 cm³/mol. The molecule has 0 aromatic heterocycles. The second-order valence-electron chi connectivity index (χ2n) is 3.39. The third kappa shape index (κ3) is 3.73. The number of hydrogen-bond acceptors (Lipinski definition) is 1. The van der Waals surface area contributed by atoms with Gasteiger partial charge in [0, 0.05) is 11.9 Å². The van der Waals surface area contributed by atoms with Gasteiger partial charge in [-0.25, -0.2) is 0 Å². The third-order valence-corrected chi connectivity index (χ3v) is 2.67. The van der Waals surface area contributed by atoms with E-state index in [2.05, 4.69) is 0 Å². The Labute approximate surface area is 80.8 Å². The number of rotatable bonds is 2. The van der Waals surface area contributed by atoms with Gasteiger partial charge in [-0.2, -0.15) is 13.2 Å². The molecule has 1 rings (SSSR count). The first-order valence-corrected chi connectivity index (χ1v) is 4.93. The van der Waals surface area contributed by atoms with Crippen LogP contribution >= 0.6 is 11.6 Å². The molecule has 1 aliphatic heterocycles. The van der Waals surface area contributed by atoms with E-state index in [4.69, 9.17) is 11.6 Å². The highest BCUT2D eigenvalue weighted by Crippen LogP contribution is 2.23. The van der Waals surface area contributed by atoms with E-state index in [0.29, 0.717) is 12.4 Å². The first-order chi connectivity index (χ1) is 6.03. The van der Waals surface area contributed by atoms with Gasteiger partial charge in [0.25, 0.3) is 0 Å². The van der Waals surface area contributed by atoms with Crippen LogP contribution in [0.4, 0.5) is 13.2 Å². The van der Waals surface area contributed by atoms with Crippen LogP contribution in [0.5, 0.6) is 0 Å². The van der Waals surface area contributed by atoms with Crippen molar-refractivity contribution in [2.75, 3.05) is 19.0 Å². The molecular formula is C8H13ClF3N. The first kappa shape index (κ1) is 11.1. The van der Waals surface area contributed by atoms with Crippen molar-refractivity contribution in [1.29, 1.82) is 0 Å². The minimum Gasteiger partial charge on any atom is -0.291 e. The van der Waals surface area contributed by atoms with Crippen LogP contribution in [0.25, 0.3) is 0 Å². The molecule has 1 aliphatic rings. The van der Waals surface area contributed by atoms with Crippen LogP contribution in [0, 0.1) is 0 Å². The Bertz CT molecular complexity index is 160. The maximum Gasteiger partial charge on any atom is 0.401 e. The molecule has 0 aromatic rings. The second-order valence-corrected chi connectivity index (χ2v) is 3.70.